The Morgan fingerprint density at radius 2 is 1.64 bits per heavy atom. The molecule has 0 fully saturated rings. The van der Waals surface area contributed by atoms with Crippen LogP contribution in [0.3, 0.4) is 0 Å². The van der Waals surface area contributed by atoms with Crippen molar-refractivity contribution in [3.05, 3.63) is 87.6 Å². The summed E-state index contributed by atoms with van der Waals surface area (Å²) in [6.07, 6.45) is 0. The first kappa shape index (κ1) is 19.4. The van der Waals surface area contributed by atoms with Gasteiger partial charge in [0.15, 0.2) is 24.0 Å². The summed E-state index contributed by atoms with van der Waals surface area (Å²) in [6.45, 7) is -0.610. The van der Waals surface area contributed by atoms with Gasteiger partial charge in [0.25, 0.3) is 5.91 Å². The molecule has 0 unspecified atom stereocenters. The number of hydrogen-bond donors (Lipinski definition) is 1. The van der Waals surface area contributed by atoms with Crippen LogP contribution < -0.4 is 5.32 Å². The summed E-state index contributed by atoms with van der Waals surface area (Å²) in [4.78, 5) is 36.5. The van der Waals surface area contributed by atoms with Crippen molar-refractivity contribution in [2.24, 2.45) is 0 Å². The number of amides is 1. The van der Waals surface area contributed by atoms with E-state index in [2.05, 4.69) is 5.32 Å². The number of hydrogen-bond acceptors (Lipinski definition) is 5. The van der Waals surface area contributed by atoms with Gasteiger partial charge >= 0.3 is 5.97 Å². The predicted molar refractivity (Wildman–Crippen MR) is 99.7 cm³/mol. The third-order valence-corrected chi connectivity index (χ3v) is 4.57. The molecule has 5 nitrogen and oxygen atoms in total. The fourth-order valence-corrected chi connectivity index (χ4v) is 2.88. The van der Waals surface area contributed by atoms with E-state index in [0.29, 0.717) is 10.6 Å². The van der Waals surface area contributed by atoms with Gasteiger partial charge in [-0.15, -0.1) is 11.3 Å². The average Bonchev–Trinajstić information content (AvgIpc) is 3.23. The van der Waals surface area contributed by atoms with Gasteiger partial charge in [0.05, 0.1) is 10.4 Å². The number of thiophene rings is 1. The number of Topliss-reactive ketones (excluding diaryl/α,β-unsaturated/α-hetero) is 1. The summed E-state index contributed by atoms with van der Waals surface area (Å²) >= 11 is 1.31. The summed E-state index contributed by atoms with van der Waals surface area (Å²) < 4.78 is 31.0. The van der Waals surface area contributed by atoms with Gasteiger partial charge in [0.1, 0.15) is 0 Å². The van der Waals surface area contributed by atoms with E-state index in [4.69, 9.17) is 4.74 Å². The maximum absolute atomic E-state index is 13.2. The first-order valence-corrected chi connectivity index (χ1v) is 8.92. The van der Waals surface area contributed by atoms with E-state index in [1.807, 2.05) is 0 Å². The number of nitrogens with one attached hydrogen (secondary N) is 1. The summed E-state index contributed by atoms with van der Waals surface area (Å²) in [6, 6.07) is 12.1. The predicted octanol–water partition coefficient (Wildman–Crippen LogP) is 4.32. The van der Waals surface area contributed by atoms with Crippen molar-refractivity contribution in [3.8, 4) is 0 Å². The molecule has 0 saturated heterocycles. The van der Waals surface area contributed by atoms with Crippen LogP contribution in [0.25, 0.3) is 0 Å². The van der Waals surface area contributed by atoms with Crippen LogP contribution in [0.15, 0.2) is 60.0 Å². The van der Waals surface area contributed by atoms with E-state index >= 15 is 0 Å². The highest BCUT2D eigenvalue weighted by Crippen LogP contribution is 2.15. The number of carbonyl (C=O) groups excluding carboxylic acids is 3. The molecule has 0 aliphatic heterocycles. The Hall–Kier alpha value is -3.39. The molecule has 8 heteroatoms. The molecule has 0 radical (unpaired) electrons. The number of esters is 1. The molecule has 0 bridgehead atoms. The minimum Gasteiger partial charge on any atom is -0.454 e. The quantitative estimate of drug-likeness (QED) is 0.493. The number of halogens is 2. The average molecular weight is 401 g/mol. The minimum absolute atomic E-state index is 0.0988. The van der Waals surface area contributed by atoms with Crippen LogP contribution in [0.4, 0.5) is 14.5 Å². The van der Waals surface area contributed by atoms with Crippen molar-refractivity contribution in [2.45, 2.75) is 0 Å². The third kappa shape index (κ3) is 4.66. The maximum atomic E-state index is 13.2. The van der Waals surface area contributed by atoms with Crippen LogP contribution in [0.1, 0.15) is 30.4 Å². The highest BCUT2D eigenvalue weighted by atomic mass is 32.1. The van der Waals surface area contributed by atoms with E-state index in [0.717, 1.165) is 18.2 Å². The normalized spacial score (nSPS) is 10.4. The highest BCUT2D eigenvalue weighted by molar-refractivity contribution is 7.12. The Kier molecular flexibility index (Phi) is 5.90. The van der Waals surface area contributed by atoms with Gasteiger partial charge in [0.2, 0.25) is 0 Å². The molecular formula is C20H13F2NO4S. The maximum Gasteiger partial charge on any atom is 0.338 e. The molecule has 1 heterocycles. The third-order valence-electron chi connectivity index (χ3n) is 3.70. The molecule has 3 rings (SSSR count). The molecule has 0 saturated carbocycles. The molecule has 28 heavy (non-hydrogen) atoms. The largest absolute Gasteiger partial charge is 0.454 e. The van der Waals surface area contributed by atoms with Gasteiger partial charge in [-0.3, -0.25) is 9.59 Å². The lowest BCUT2D eigenvalue weighted by atomic mass is 10.1. The second kappa shape index (κ2) is 8.53. The summed E-state index contributed by atoms with van der Waals surface area (Å²) in [7, 11) is 0. The lowest BCUT2D eigenvalue weighted by Crippen LogP contribution is -2.15. The van der Waals surface area contributed by atoms with Crippen LogP contribution in [-0.2, 0) is 4.74 Å². The van der Waals surface area contributed by atoms with Crippen molar-refractivity contribution in [3.63, 3.8) is 0 Å². The van der Waals surface area contributed by atoms with Crippen molar-refractivity contribution in [1.29, 1.82) is 0 Å². The van der Waals surface area contributed by atoms with Gasteiger partial charge in [-0.05, 0) is 53.9 Å². The standard InChI is InChI=1S/C20H13F2NO4S/c21-15-8-5-13(10-16(15)22)17(24)11-27-20(26)12-3-6-14(7-4-12)23-19(25)18-2-1-9-28-18/h1-10H,11H2,(H,23,25). The van der Waals surface area contributed by atoms with Crippen LogP contribution in [0.2, 0.25) is 0 Å². The van der Waals surface area contributed by atoms with Gasteiger partial charge in [-0.1, -0.05) is 6.07 Å². The number of anilines is 1. The first-order valence-electron chi connectivity index (χ1n) is 8.04. The zero-order valence-electron chi connectivity index (χ0n) is 14.3. The van der Waals surface area contributed by atoms with E-state index in [9.17, 15) is 23.2 Å². The molecule has 0 aliphatic rings. The molecule has 1 amide bonds. The second-order valence-electron chi connectivity index (χ2n) is 5.64. The molecule has 0 aliphatic carbocycles. The smallest absolute Gasteiger partial charge is 0.338 e. The summed E-state index contributed by atoms with van der Waals surface area (Å²) in [5.74, 6) is -3.90. The molecule has 1 aromatic heterocycles. The van der Waals surface area contributed by atoms with Gasteiger partial charge < -0.3 is 10.1 Å². The number of ether oxygens (including phenoxy) is 1. The molecular weight excluding hydrogens is 388 g/mol. The zero-order valence-corrected chi connectivity index (χ0v) is 15.1. The Labute approximate surface area is 162 Å². The van der Waals surface area contributed by atoms with Gasteiger partial charge in [0, 0.05) is 11.3 Å². The Morgan fingerprint density at radius 1 is 0.929 bits per heavy atom. The Balaban J connectivity index is 1.56. The Morgan fingerprint density at radius 3 is 2.29 bits per heavy atom. The van der Waals surface area contributed by atoms with Crippen LogP contribution in [-0.4, -0.2) is 24.3 Å². The highest BCUT2D eigenvalue weighted by Gasteiger charge is 2.14. The van der Waals surface area contributed by atoms with Crippen molar-refractivity contribution in [1.82, 2.24) is 0 Å². The molecule has 2 aromatic carbocycles. The van der Waals surface area contributed by atoms with Crippen LogP contribution in [0, 0.1) is 11.6 Å². The molecule has 142 valence electrons. The fraction of sp³-hybridized carbons (Fsp3) is 0.0500. The number of carbonyl (C=O) groups is 3. The monoisotopic (exact) mass is 401 g/mol. The number of rotatable bonds is 6. The van der Waals surface area contributed by atoms with Gasteiger partial charge in [-0.25, -0.2) is 13.6 Å². The van der Waals surface area contributed by atoms with Crippen molar-refractivity contribution < 1.29 is 27.9 Å². The van der Waals surface area contributed by atoms with E-state index in [-0.39, 0.29) is 17.0 Å². The van der Waals surface area contributed by atoms with E-state index < -0.39 is 30.0 Å². The SMILES string of the molecule is O=C(COC(=O)c1ccc(NC(=O)c2cccs2)cc1)c1ccc(F)c(F)c1. The molecule has 0 atom stereocenters. The molecule has 3 aromatic rings. The summed E-state index contributed by atoms with van der Waals surface area (Å²) in [5, 5.41) is 4.48. The molecule has 1 N–H and O–H groups in total. The fourth-order valence-electron chi connectivity index (χ4n) is 2.26. The lowest BCUT2D eigenvalue weighted by molar-refractivity contribution is 0.0474. The Bertz CT molecular complexity index is 1020. The van der Waals surface area contributed by atoms with Gasteiger partial charge in [-0.2, -0.15) is 0 Å². The zero-order chi connectivity index (χ0) is 20.1. The topological polar surface area (TPSA) is 72.5 Å². The van der Waals surface area contributed by atoms with Crippen LogP contribution >= 0.6 is 11.3 Å². The second-order valence-corrected chi connectivity index (χ2v) is 6.58. The van der Waals surface area contributed by atoms with Crippen molar-refractivity contribution >= 4 is 34.7 Å². The minimum atomic E-state index is -1.16. The van der Waals surface area contributed by atoms with Crippen molar-refractivity contribution in [2.75, 3.05) is 11.9 Å². The number of benzene rings is 2. The summed E-state index contributed by atoms with van der Waals surface area (Å²) in [5.41, 5.74) is 0.568. The van der Waals surface area contributed by atoms with E-state index in [1.54, 1.807) is 17.5 Å². The number of ketones is 1. The lowest BCUT2D eigenvalue weighted by Gasteiger charge is -2.07. The van der Waals surface area contributed by atoms with E-state index in [1.165, 1.54) is 35.6 Å². The first-order chi connectivity index (χ1) is 13.4. The molecule has 0 spiro atoms. The van der Waals surface area contributed by atoms with Crippen LogP contribution in [0.5, 0.6) is 0 Å².